The molecule has 3 heterocycles. The Hall–Kier alpha value is -2.62. The van der Waals surface area contributed by atoms with Crippen LogP contribution in [0.25, 0.3) is 0 Å². The summed E-state index contributed by atoms with van der Waals surface area (Å²) in [6, 6.07) is 1.90. The summed E-state index contributed by atoms with van der Waals surface area (Å²) in [7, 11) is 1.64. The highest BCUT2D eigenvalue weighted by molar-refractivity contribution is 5.95. The van der Waals surface area contributed by atoms with Gasteiger partial charge in [0.2, 0.25) is 5.91 Å². The van der Waals surface area contributed by atoms with E-state index >= 15 is 0 Å². The second kappa shape index (κ2) is 7.73. The highest BCUT2D eigenvalue weighted by Crippen LogP contribution is 2.37. The number of carbonyl (C=O) groups excluding carboxylic acids is 2. The molecule has 0 unspecified atom stereocenters. The lowest BCUT2D eigenvalue weighted by molar-refractivity contribution is -0.121. The Balaban J connectivity index is 1.56. The Morgan fingerprint density at radius 2 is 2.15 bits per heavy atom. The normalized spacial score (nSPS) is 16.5. The van der Waals surface area contributed by atoms with E-state index in [1.165, 1.54) is 0 Å². The Kier molecular flexibility index (Phi) is 5.40. The number of aromatic nitrogens is 1. The van der Waals surface area contributed by atoms with E-state index in [9.17, 15) is 9.59 Å². The van der Waals surface area contributed by atoms with Crippen molar-refractivity contribution in [1.29, 1.82) is 0 Å². The lowest BCUT2D eigenvalue weighted by atomic mass is 10.0. The molecular formula is C19H25N5O2. The van der Waals surface area contributed by atoms with Crippen LogP contribution >= 0.6 is 0 Å². The molecule has 2 aliphatic rings. The minimum atomic E-state index is -0.426. The molecule has 0 saturated heterocycles. The van der Waals surface area contributed by atoms with Crippen molar-refractivity contribution in [3.05, 3.63) is 23.0 Å². The fraction of sp³-hybridized carbons (Fsp3) is 0.579. The minimum absolute atomic E-state index is 0.0322. The Labute approximate surface area is 153 Å². The number of nitrogens with zero attached hydrogens (tertiary/aromatic N) is 3. The summed E-state index contributed by atoms with van der Waals surface area (Å²) in [5.41, 5.74) is 2.35. The lowest BCUT2D eigenvalue weighted by Crippen LogP contribution is -2.26. The quantitative estimate of drug-likeness (QED) is 0.700. The largest absolute Gasteiger partial charge is 0.355 e. The third-order valence-corrected chi connectivity index (χ3v) is 5.08. The Morgan fingerprint density at radius 3 is 2.85 bits per heavy atom. The summed E-state index contributed by atoms with van der Waals surface area (Å²) in [5.74, 6) is 2.49. The van der Waals surface area contributed by atoms with E-state index < -0.39 is 5.66 Å². The van der Waals surface area contributed by atoms with Gasteiger partial charge in [-0.25, -0.2) is 0 Å². The molecule has 3 rings (SSSR count). The second-order valence-electron chi connectivity index (χ2n) is 6.85. The van der Waals surface area contributed by atoms with E-state index in [1.54, 1.807) is 7.05 Å². The number of nitrogens with one attached hydrogen (secondary N) is 2. The zero-order valence-corrected chi connectivity index (χ0v) is 15.2. The molecule has 0 fully saturated rings. The average molecular weight is 355 g/mol. The van der Waals surface area contributed by atoms with Crippen LogP contribution in [0.2, 0.25) is 0 Å². The maximum Gasteiger partial charge on any atom is 0.252 e. The van der Waals surface area contributed by atoms with Gasteiger partial charge >= 0.3 is 0 Å². The molecule has 0 saturated carbocycles. The highest BCUT2D eigenvalue weighted by atomic mass is 16.2. The molecule has 0 bridgehead atoms. The van der Waals surface area contributed by atoms with Crippen molar-refractivity contribution in [3.63, 3.8) is 0 Å². The molecule has 0 aliphatic carbocycles. The van der Waals surface area contributed by atoms with Crippen molar-refractivity contribution >= 4 is 11.8 Å². The van der Waals surface area contributed by atoms with Crippen LogP contribution in [-0.2, 0) is 24.3 Å². The summed E-state index contributed by atoms with van der Waals surface area (Å²) in [4.78, 5) is 24.3. The third-order valence-electron chi connectivity index (χ3n) is 5.08. The van der Waals surface area contributed by atoms with E-state index in [1.807, 2.05) is 6.07 Å². The molecule has 7 heteroatoms. The number of terminal acetylenes is 1. The average Bonchev–Trinajstić information content (AvgIpc) is 3.35. The van der Waals surface area contributed by atoms with Gasteiger partial charge < -0.3 is 15.2 Å². The van der Waals surface area contributed by atoms with Gasteiger partial charge in [0, 0.05) is 50.7 Å². The number of hydrogen-bond donors (Lipinski definition) is 2. The van der Waals surface area contributed by atoms with Gasteiger partial charge in [0.25, 0.3) is 5.91 Å². The van der Waals surface area contributed by atoms with Crippen molar-refractivity contribution in [1.82, 2.24) is 15.2 Å². The van der Waals surface area contributed by atoms with Crippen LogP contribution < -0.4 is 10.6 Å². The Morgan fingerprint density at radius 1 is 1.35 bits per heavy atom. The molecule has 0 aromatic carbocycles. The molecule has 7 nitrogen and oxygen atoms in total. The zero-order chi connectivity index (χ0) is 18.6. The summed E-state index contributed by atoms with van der Waals surface area (Å²) < 4.78 is 2.17. The maximum absolute atomic E-state index is 12.2. The van der Waals surface area contributed by atoms with Gasteiger partial charge in [-0.3, -0.25) is 9.59 Å². The van der Waals surface area contributed by atoms with Gasteiger partial charge in [0.15, 0.2) is 5.66 Å². The van der Waals surface area contributed by atoms with Crippen LogP contribution in [0.15, 0.2) is 16.3 Å². The van der Waals surface area contributed by atoms with Gasteiger partial charge in [-0.05, 0) is 25.3 Å². The van der Waals surface area contributed by atoms with Crippen LogP contribution in [0.1, 0.15) is 60.3 Å². The first kappa shape index (κ1) is 18.2. The number of carbonyl (C=O) groups is 2. The van der Waals surface area contributed by atoms with Gasteiger partial charge in [-0.15, -0.1) is 12.3 Å². The minimum Gasteiger partial charge on any atom is -0.355 e. The zero-order valence-electron chi connectivity index (χ0n) is 15.2. The van der Waals surface area contributed by atoms with E-state index in [4.69, 9.17) is 6.42 Å². The van der Waals surface area contributed by atoms with Gasteiger partial charge in [-0.2, -0.15) is 10.2 Å². The predicted octanol–water partition coefficient (Wildman–Crippen LogP) is 2.16. The highest BCUT2D eigenvalue weighted by Gasteiger charge is 2.39. The van der Waals surface area contributed by atoms with Crippen LogP contribution in [0.4, 0.5) is 0 Å². The number of hydrogen-bond acceptors (Lipinski definition) is 4. The summed E-state index contributed by atoms with van der Waals surface area (Å²) >= 11 is 0. The fourth-order valence-electron chi connectivity index (χ4n) is 3.49. The molecule has 2 amide bonds. The first-order valence-electron chi connectivity index (χ1n) is 9.16. The summed E-state index contributed by atoms with van der Waals surface area (Å²) in [6.45, 7) is 1.32. The molecule has 2 aliphatic heterocycles. The van der Waals surface area contributed by atoms with Crippen molar-refractivity contribution in [2.45, 2.75) is 63.7 Å². The predicted molar refractivity (Wildman–Crippen MR) is 97.5 cm³/mol. The molecule has 1 aromatic rings. The van der Waals surface area contributed by atoms with Gasteiger partial charge in [-0.1, -0.05) is 0 Å². The lowest BCUT2D eigenvalue weighted by Gasteiger charge is -2.19. The topological polar surface area (TPSA) is 87.9 Å². The second-order valence-corrected chi connectivity index (χ2v) is 6.85. The van der Waals surface area contributed by atoms with Crippen LogP contribution in [0.5, 0.6) is 0 Å². The van der Waals surface area contributed by atoms with Crippen molar-refractivity contribution in [3.8, 4) is 12.3 Å². The number of fused-ring (bicyclic) bond motifs is 1. The monoisotopic (exact) mass is 355 g/mol. The number of rotatable bonds is 8. The molecule has 2 N–H and O–H groups in total. The van der Waals surface area contributed by atoms with Crippen molar-refractivity contribution < 1.29 is 9.59 Å². The smallest absolute Gasteiger partial charge is 0.252 e. The Bertz CT molecular complexity index is 766. The maximum atomic E-state index is 12.2. The van der Waals surface area contributed by atoms with E-state index in [0.717, 1.165) is 42.8 Å². The molecule has 0 atom stereocenters. The number of amides is 2. The first-order valence-corrected chi connectivity index (χ1v) is 9.16. The van der Waals surface area contributed by atoms with Crippen LogP contribution in [0.3, 0.4) is 0 Å². The van der Waals surface area contributed by atoms with E-state index in [2.05, 4.69) is 31.3 Å². The first-order chi connectivity index (χ1) is 12.6. The fourth-order valence-corrected chi connectivity index (χ4v) is 3.49. The molecule has 138 valence electrons. The van der Waals surface area contributed by atoms with Crippen LogP contribution in [0, 0.1) is 12.3 Å². The standard InChI is InChI=1S/C19H25N5O2/c1-3-4-9-19(22-23-19)10-8-17(25)21-13-14-12-15(18(26)20-2)16-7-5-6-11-24(14)16/h1,12H,4-11,13H2,2H3,(H,20,26)(H,21,25). The van der Waals surface area contributed by atoms with E-state index in [0.29, 0.717) is 32.2 Å². The van der Waals surface area contributed by atoms with Crippen molar-refractivity contribution in [2.24, 2.45) is 10.2 Å². The van der Waals surface area contributed by atoms with Gasteiger partial charge in [0.1, 0.15) is 0 Å². The van der Waals surface area contributed by atoms with E-state index in [-0.39, 0.29) is 11.8 Å². The third kappa shape index (κ3) is 3.96. The molecule has 1 aromatic heterocycles. The summed E-state index contributed by atoms with van der Waals surface area (Å²) in [6.07, 6.45) is 10.6. The SMILES string of the molecule is C#CCCC1(CCC(=O)NCc2cc(C(=O)NC)c3n2CCCC3)N=N1. The molecular weight excluding hydrogens is 330 g/mol. The summed E-state index contributed by atoms with van der Waals surface area (Å²) in [5, 5.41) is 13.8. The van der Waals surface area contributed by atoms with Crippen LogP contribution in [-0.4, -0.2) is 29.1 Å². The molecule has 0 radical (unpaired) electrons. The molecule has 0 spiro atoms. The van der Waals surface area contributed by atoms with Gasteiger partial charge in [0.05, 0.1) is 12.1 Å². The molecule has 26 heavy (non-hydrogen) atoms. The van der Waals surface area contributed by atoms with Crippen molar-refractivity contribution in [2.75, 3.05) is 7.05 Å².